The molecule has 0 saturated carbocycles. The molecular weight excluding hydrogens is 745 g/mol. The minimum absolute atomic E-state index is 0.00309. The Balaban J connectivity index is 4.56. The average molecular weight is 820 g/mol. The third kappa shape index (κ3) is 39.5. The predicted octanol–water partition coefficient (Wildman–Crippen LogP) is 9.77. The van der Waals surface area contributed by atoms with Crippen LogP contribution < -0.4 is 5.73 Å². The van der Waals surface area contributed by atoms with E-state index in [9.17, 15) is 29.3 Å². The minimum atomic E-state index is -4.46. The second-order valence-electron chi connectivity index (χ2n) is 13.5. The highest BCUT2D eigenvalue weighted by molar-refractivity contribution is 7.47. The summed E-state index contributed by atoms with van der Waals surface area (Å²) in [6.45, 7) is 3.26. The summed E-state index contributed by atoms with van der Waals surface area (Å²) in [6.07, 6.45) is 43.6. The van der Waals surface area contributed by atoms with Crippen molar-refractivity contribution in [1.29, 1.82) is 0 Å². The Morgan fingerprint density at radius 3 is 1.74 bits per heavy atom. The van der Waals surface area contributed by atoms with Crippen LogP contribution in [0.3, 0.4) is 0 Å². The molecule has 0 heterocycles. The molecule has 0 aliphatic carbocycles. The van der Waals surface area contributed by atoms with Crippen LogP contribution >= 0.6 is 7.82 Å². The van der Waals surface area contributed by atoms with Gasteiger partial charge in [-0.25, -0.2) is 4.57 Å². The Morgan fingerprint density at radius 2 is 1.16 bits per heavy atom. The number of hydrogen-bond donors (Lipinski definition) is 4. The van der Waals surface area contributed by atoms with Gasteiger partial charge in [0.2, 0.25) is 0 Å². The quantitative estimate of drug-likeness (QED) is 0.0154. The van der Waals surface area contributed by atoms with E-state index in [2.05, 4.69) is 56.4 Å². The van der Waals surface area contributed by atoms with Gasteiger partial charge in [-0.05, 0) is 77.0 Å². The molecule has 324 valence electrons. The second kappa shape index (κ2) is 39.7. The number of aliphatic hydroxyl groups is 2. The number of carbonyl (C=O) groups excluding carboxylic acids is 2. The Bertz CT molecular complexity index is 1290. The van der Waals surface area contributed by atoms with Crippen LogP contribution in [0.5, 0.6) is 0 Å². The van der Waals surface area contributed by atoms with E-state index in [0.29, 0.717) is 32.1 Å². The van der Waals surface area contributed by atoms with Gasteiger partial charge in [-0.2, -0.15) is 0 Å². The van der Waals surface area contributed by atoms with Crippen molar-refractivity contribution >= 4 is 19.8 Å². The van der Waals surface area contributed by atoms with E-state index >= 15 is 0 Å². The van der Waals surface area contributed by atoms with E-state index in [0.717, 1.165) is 32.1 Å². The summed E-state index contributed by atoms with van der Waals surface area (Å²) in [5.41, 5.74) is 5.32. The van der Waals surface area contributed by atoms with E-state index in [4.69, 9.17) is 24.3 Å². The maximum absolute atomic E-state index is 12.6. The molecule has 0 saturated heterocycles. The summed E-state index contributed by atoms with van der Waals surface area (Å²) < 4.78 is 32.5. The van der Waals surface area contributed by atoms with E-state index in [1.54, 1.807) is 36.5 Å². The van der Waals surface area contributed by atoms with Crippen LogP contribution in [0.4, 0.5) is 0 Å². The Kier molecular flexibility index (Phi) is 37.5. The average Bonchev–Trinajstić information content (AvgIpc) is 3.19. The lowest BCUT2D eigenvalue weighted by atomic mass is 10.1. The third-order valence-electron chi connectivity index (χ3n) is 8.13. The molecular formula is C45H74NO10P. The minimum Gasteiger partial charge on any atom is -0.462 e. The predicted molar refractivity (Wildman–Crippen MR) is 231 cm³/mol. The number of nitrogens with two attached hydrogens (primary N) is 1. The van der Waals surface area contributed by atoms with Crippen molar-refractivity contribution in [1.82, 2.24) is 0 Å². The number of allylic oxidation sites excluding steroid dienone is 13. The number of hydrogen-bond acceptors (Lipinski definition) is 10. The monoisotopic (exact) mass is 820 g/mol. The van der Waals surface area contributed by atoms with Crippen LogP contribution in [-0.2, 0) is 32.7 Å². The fourth-order valence-electron chi connectivity index (χ4n) is 4.94. The fraction of sp³-hybridized carbons (Fsp3) is 0.600. The zero-order valence-electron chi connectivity index (χ0n) is 34.7. The summed E-state index contributed by atoms with van der Waals surface area (Å²) in [5, 5.41) is 20.2. The lowest BCUT2D eigenvalue weighted by Gasteiger charge is -2.19. The molecule has 0 bridgehead atoms. The van der Waals surface area contributed by atoms with Crippen LogP contribution in [0.15, 0.2) is 97.2 Å². The second-order valence-corrected chi connectivity index (χ2v) is 15.0. The molecule has 0 aliphatic heterocycles. The first-order valence-electron chi connectivity index (χ1n) is 20.9. The molecule has 0 radical (unpaired) electrons. The van der Waals surface area contributed by atoms with E-state index in [-0.39, 0.29) is 32.6 Å². The van der Waals surface area contributed by atoms with Gasteiger partial charge in [0.05, 0.1) is 25.4 Å². The summed E-state index contributed by atoms with van der Waals surface area (Å²) >= 11 is 0. The van der Waals surface area contributed by atoms with Crippen molar-refractivity contribution in [3.63, 3.8) is 0 Å². The first kappa shape index (κ1) is 53.9. The molecule has 0 aromatic rings. The zero-order chi connectivity index (χ0) is 42.1. The smallest absolute Gasteiger partial charge is 0.462 e. The Labute approximate surface area is 343 Å². The number of esters is 2. The van der Waals surface area contributed by atoms with Crippen molar-refractivity contribution in [2.24, 2.45) is 5.73 Å². The van der Waals surface area contributed by atoms with Gasteiger partial charge in [-0.1, -0.05) is 137 Å². The topological polar surface area (TPSA) is 175 Å². The molecule has 12 heteroatoms. The van der Waals surface area contributed by atoms with Crippen molar-refractivity contribution in [3.8, 4) is 0 Å². The van der Waals surface area contributed by atoms with E-state index < -0.39 is 44.7 Å². The molecule has 0 rings (SSSR count). The lowest BCUT2D eigenvalue weighted by molar-refractivity contribution is -0.161. The molecule has 1 unspecified atom stereocenters. The highest BCUT2D eigenvalue weighted by Gasteiger charge is 2.26. The van der Waals surface area contributed by atoms with Crippen LogP contribution in [-0.4, -0.2) is 71.7 Å². The van der Waals surface area contributed by atoms with E-state index in [1.165, 1.54) is 38.5 Å². The first-order chi connectivity index (χ1) is 27.6. The number of aliphatic hydroxyl groups excluding tert-OH is 2. The summed E-state index contributed by atoms with van der Waals surface area (Å²) in [4.78, 5) is 34.8. The van der Waals surface area contributed by atoms with Gasteiger partial charge in [0.15, 0.2) is 6.10 Å². The lowest BCUT2D eigenvalue weighted by Crippen LogP contribution is -2.29. The SMILES string of the molecule is CCCCC/C=C\C/C=C\C/C=C\C/C=C\CCCC(=O)O[C@H](COC(=O)CCC[C@H](O)\C=C/C=C/C=C/[C@H](O)C/C=C\CCCCC)COP(=O)(O)OCCN. The fourth-order valence-corrected chi connectivity index (χ4v) is 5.70. The number of rotatable bonds is 37. The zero-order valence-corrected chi connectivity index (χ0v) is 35.6. The van der Waals surface area contributed by atoms with Crippen molar-refractivity contribution in [2.75, 3.05) is 26.4 Å². The Hall–Kier alpha value is -3.15. The molecule has 0 aromatic heterocycles. The molecule has 5 N–H and O–H groups in total. The molecule has 0 aromatic carbocycles. The van der Waals surface area contributed by atoms with Crippen LogP contribution in [0, 0.1) is 0 Å². The van der Waals surface area contributed by atoms with Gasteiger partial charge in [0.25, 0.3) is 0 Å². The summed E-state index contributed by atoms with van der Waals surface area (Å²) in [5.74, 6) is -1.15. The number of phosphoric ester groups is 1. The molecule has 0 spiro atoms. The summed E-state index contributed by atoms with van der Waals surface area (Å²) in [6, 6.07) is 0. The summed E-state index contributed by atoms with van der Waals surface area (Å²) in [7, 11) is -4.46. The standard InChI is InChI=1S/C45H74NO10P/c1-3-5-7-9-11-12-13-14-15-16-17-18-19-20-21-23-29-35-45(50)56-43(40-55-57(51,52)54-38-37-46)39-53-44(49)36-30-34-42(48)33-28-25-24-27-32-41(47)31-26-22-10-8-6-4-2/h11-12,14-15,17-18,20-22,24-28,32-33,41-43,47-48H,3-10,13,16,19,23,29-31,34-40,46H2,1-2H3,(H,51,52)/b12-11-,15-14-,18-17-,21-20-,25-24+,26-22-,32-27+,33-28-/t41-,42-,43-/m1/s1. The number of ether oxygens (including phenoxy) is 2. The van der Waals surface area contributed by atoms with Crippen molar-refractivity contribution < 1.29 is 47.8 Å². The normalized spacial score (nSPS) is 15.4. The molecule has 4 atom stereocenters. The van der Waals surface area contributed by atoms with Gasteiger partial charge < -0.3 is 30.3 Å². The van der Waals surface area contributed by atoms with Crippen LogP contribution in [0.1, 0.15) is 129 Å². The van der Waals surface area contributed by atoms with Gasteiger partial charge >= 0.3 is 19.8 Å². The van der Waals surface area contributed by atoms with Crippen molar-refractivity contribution in [2.45, 2.75) is 148 Å². The molecule has 0 amide bonds. The number of phosphoric acid groups is 1. The van der Waals surface area contributed by atoms with Crippen LogP contribution in [0.2, 0.25) is 0 Å². The van der Waals surface area contributed by atoms with E-state index in [1.807, 2.05) is 18.2 Å². The van der Waals surface area contributed by atoms with Gasteiger partial charge in [-0.15, -0.1) is 0 Å². The maximum Gasteiger partial charge on any atom is 0.472 e. The highest BCUT2D eigenvalue weighted by Crippen LogP contribution is 2.43. The number of carbonyl (C=O) groups is 2. The molecule has 0 fully saturated rings. The Morgan fingerprint density at radius 1 is 0.632 bits per heavy atom. The maximum atomic E-state index is 12.6. The molecule has 11 nitrogen and oxygen atoms in total. The van der Waals surface area contributed by atoms with Gasteiger partial charge in [-0.3, -0.25) is 18.6 Å². The largest absolute Gasteiger partial charge is 0.472 e. The number of unbranched alkanes of at least 4 members (excludes halogenated alkanes) is 7. The van der Waals surface area contributed by atoms with Crippen molar-refractivity contribution in [3.05, 3.63) is 97.2 Å². The third-order valence-corrected chi connectivity index (χ3v) is 9.12. The molecule has 57 heavy (non-hydrogen) atoms. The first-order valence-corrected chi connectivity index (χ1v) is 22.4. The highest BCUT2D eigenvalue weighted by atomic mass is 31.2. The van der Waals surface area contributed by atoms with Gasteiger partial charge in [0, 0.05) is 19.4 Å². The van der Waals surface area contributed by atoms with Crippen LogP contribution in [0.25, 0.3) is 0 Å². The van der Waals surface area contributed by atoms with Gasteiger partial charge in [0.1, 0.15) is 6.61 Å². The molecule has 0 aliphatic rings.